The highest BCUT2D eigenvalue weighted by Crippen LogP contribution is 2.19. The molecule has 0 radical (unpaired) electrons. The molecule has 1 amide bonds. The first-order chi connectivity index (χ1) is 8.19. The summed E-state index contributed by atoms with van der Waals surface area (Å²) >= 11 is 1.84. The highest BCUT2D eigenvalue weighted by Gasteiger charge is 2.05. The molecular formula is C11H13N3O2S. The van der Waals surface area contributed by atoms with E-state index in [4.69, 9.17) is 5.11 Å². The molecule has 0 saturated heterocycles. The lowest BCUT2D eigenvalue weighted by atomic mass is 10.2. The van der Waals surface area contributed by atoms with Gasteiger partial charge in [-0.3, -0.25) is 5.32 Å². The van der Waals surface area contributed by atoms with Gasteiger partial charge in [0.1, 0.15) is 0 Å². The van der Waals surface area contributed by atoms with Crippen LogP contribution in [0.2, 0.25) is 0 Å². The highest BCUT2D eigenvalue weighted by atomic mass is 32.2. The number of aromatic amines is 1. The van der Waals surface area contributed by atoms with Crippen LogP contribution in [0.3, 0.4) is 0 Å². The number of benzene rings is 1. The number of fused-ring (bicyclic) bond motifs is 1. The molecule has 2 aromatic rings. The van der Waals surface area contributed by atoms with Crippen molar-refractivity contribution in [3.05, 3.63) is 23.8 Å². The molecule has 0 fully saturated rings. The molecule has 0 unspecified atom stereocenters. The van der Waals surface area contributed by atoms with Gasteiger partial charge in [-0.25, -0.2) is 9.78 Å². The van der Waals surface area contributed by atoms with Crippen LogP contribution in [0.5, 0.6) is 0 Å². The number of thioether (sulfide) groups is 1. The van der Waals surface area contributed by atoms with E-state index in [0.29, 0.717) is 0 Å². The maximum atomic E-state index is 10.5. The number of anilines is 1. The van der Waals surface area contributed by atoms with Crippen molar-refractivity contribution in [2.45, 2.75) is 12.7 Å². The largest absolute Gasteiger partial charge is 0.465 e. The van der Waals surface area contributed by atoms with Crippen LogP contribution in [0.25, 0.3) is 11.0 Å². The van der Waals surface area contributed by atoms with Crippen molar-refractivity contribution in [3.8, 4) is 0 Å². The summed E-state index contributed by atoms with van der Waals surface area (Å²) in [7, 11) is 0. The second kappa shape index (κ2) is 5.09. The Balaban J connectivity index is 2.24. The van der Waals surface area contributed by atoms with Crippen molar-refractivity contribution < 1.29 is 9.90 Å². The van der Waals surface area contributed by atoms with Crippen LogP contribution < -0.4 is 5.32 Å². The smallest absolute Gasteiger partial charge is 0.411 e. The molecular weight excluding hydrogens is 238 g/mol. The van der Waals surface area contributed by atoms with E-state index in [-0.39, 0.29) is 5.95 Å². The van der Waals surface area contributed by atoms with E-state index in [1.165, 1.54) is 5.56 Å². The third-order valence-electron chi connectivity index (χ3n) is 2.25. The number of imidazole rings is 1. The molecule has 0 aliphatic rings. The van der Waals surface area contributed by atoms with Gasteiger partial charge in [0.2, 0.25) is 5.95 Å². The number of H-pyrrole nitrogens is 1. The first kappa shape index (κ1) is 11.8. The van der Waals surface area contributed by atoms with Gasteiger partial charge in [0.15, 0.2) is 0 Å². The molecule has 0 bridgehead atoms. The van der Waals surface area contributed by atoms with Crippen LogP contribution in [0.15, 0.2) is 18.2 Å². The maximum Gasteiger partial charge on any atom is 0.411 e. The number of rotatable bonds is 4. The number of aromatic nitrogens is 2. The lowest BCUT2D eigenvalue weighted by Crippen LogP contribution is -2.08. The van der Waals surface area contributed by atoms with Crippen LogP contribution in [0, 0.1) is 0 Å². The molecule has 6 heteroatoms. The summed E-state index contributed by atoms with van der Waals surface area (Å²) in [5, 5.41) is 10.8. The minimum Gasteiger partial charge on any atom is -0.465 e. The van der Waals surface area contributed by atoms with Gasteiger partial charge < -0.3 is 10.1 Å². The lowest BCUT2D eigenvalue weighted by Gasteiger charge is -1.98. The molecule has 0 saturated carbocycles. The Bertz CT molecular complexity index is 538. The SMILES string of the molecule is CCSCc1ccc2[nH]c(NC(=O)O)nc2c1. The van der Waals surface area contributed by atoms with E-state index >= 15 is 0 Å². The van der Waals surface area contributed by atoms with Crippen molar-refractivity contribution >= 4 is 34.8 Å². The molecule has 0 aliphatic carbocycles. The molecule has 1 heterocycles. The topological polar surface area (TPSA) is 78.0 Å². The van der Waals surface area contributed by atoms with E-state index < -0.39 is 6.09 Å². The molecule has 5 nitrogen and oxygen atoms in total. The first-order valence-electron chi connectivity index (χ1n) is 5.25. The first-order valence-corrected chi connectivity index (χ1v) is 6.41. The summed E-state index contributed by atoms with van der Waals surface area (Å²) in [4.78, 5) is 17.5. The summed E-state index contributed by atoms with van der Waals surface area (Å²) in [6.45, 7) is 2.12. The third kappa shape index (κ3) is 2.91. The van der Waals surface area contributed by atoms with Gasteiger partial charge in [-0.05, 0) is 23.4 Å². The van der Waals surface area contributed by atoms with Gasteiger partial charge in [0.25, 0.3) is 0 Å². The van der Waals surface area contributed by atoms with Gasteiger partial charge in [-0.1, -0.05) is 13.0 Å². The third-order valence-corrected chi connectivity index (χ3v) is 3.19. The number of carbonyl (C=O) groups is 1. The average Bonchev–Trinajstić information content (AvgIpc) is 2.66. The fourth-order valence-electron chi connectivity index (χ4n) is 1.52. The fraction of sp³-hybridized carbons (Fsp3) is 0.273. The highest BCUT2D eigenvalue weighted by molar-refractivity contribution is 7.98. The number of hydrogen-bond acceptors (Lipinski definition) is 3. The van der Waals surface area contributed by atoms with E-state index in [0.717, 1.165) is 22.5 Å². The fourth-order valence-corrected chi connectivity index (χ4v) is 2.14. The second-order valence-corrected chi connectivity index (χ2v) is 4.78. The molecule has 0 atom stereocenters. The molecule has 3 N–H and O–H groups in total. The zero-order valence-corrected chi connectivity index (χ0v) is 10.2. The van der Waals surface area contributed by atoms with Crippen molar-refractivity contribution in [3.63, 3.8) is 0 Å². The Morgan fingerprint density at radius 1 is 1.59 bits per heavy atom. The minimum absolute atomic E-state index is 0.257. The second-order valence-electron chi connectivity index (χ2n) is 3.50. The monoisotopic (exact) mass is 251 g/mol. The molecule has 1 aromatic carbocycles. The van der Waals surface area contributed by atoms with E-state index in [2.05, 4.69) is 22.2 Å². The Hall–Kier alpha value is -1.69. The summed E-state index contributed by atoms with van der Waals surface area (Å²) in [6, 6.07) is 5.91. The Labute approximate surface area is 103 Å². The Morgan fingerprint density at radius 2 is 2.41 bits per heavy atom. The standard InChI is InChI=1S/C11H13N3O2S/c1-2-17-6-7-3-4-8-9(5-7)13-10(12-8)14-11(15)16/h3-5H,2,6H2,1H3,(H,15,16)(H2,12,13,14). The van der Waals surface area contributed by atoms with Crippen molar-refractivity contribution in [2.24, 2.45) is 0 Å². The number of carboxylic acid groups (broad SMARTS) is 1. The van der Waals surface area contributed by atoms with Crippen LogP contribution in [0.1, 0.15) is 12.5 Å². The van der Waals surface area contributed by atoms with Crippen LogP contribution in [-0.2, 0) is 5.75 Å². The van der Waals surface area contributed by atoms with Crippen molar-refractivity contribution in [1.29, 1.82) is 0 Å². The van der Waals surface area contributed by atoms with Gasteiger partial charge in [0.05, 0.1) is 11.0 Å². The predicted molar refractivity (Wildman–Crippen MR) is 69.6 cm³/mol. The number of amides is 1. The van der Waals surface area contributed by atoms with Gasteiger partial charge >= 0.3 is 6.09 Å². The van der Waals surface area contributed by atoms with E-state index in [1.807, 2.05) is 30.0 Å². The molecule has 1 aromatic heterocycles. The van der Waals surface area contributed by atoms with Crippen LogP contribution >= 0.6 is 11.8 Å². The summed E-state index contributed by atoms with van der Waals surface area (Å²) in [5.41, 5.74) is 2.81. The molecule has 0 aliphatic heterocycles. The summed E-state index contributed by atoms with van der Waals surface area (Å²) < 4.78 is 0. The lowest BCUT2D eigenvalue weighted by molar-refractivity contribution is 0.209. The van der Waals surface area contributed by atoms with Gasteiger partial charge in [0, 0.05) is 5.75 Å². The molecule has 2 rings (SSSR count). The van der Waals surface area contributed by atoms with Gasteiger partial charge in [-0.2, -0.15) is 11.8 Å². The predicted octanol–water partition coefficient (Wildman–Crippen LogP) is 2.91. The molecule has 0 spiro atoms. The minimum atomic E-state index is -1.12. The quantitative estimate of drug-likeness (QED) is 0.780. The number of nitrogens with one attached hydrogen (secondary N) is 2. The number of nitrogens with zero attached hydrogens (tertiary/aromatic N) is 1. The van der Waals surface area contributed by atoms with Gasteiger partial charge in [-0.15, -0.1) is 0 Å². The molecule has 17 heavy (non-hydrogen) atoms. The van der Waals surface area contributed by atoms with Crippen molar-refractivity contribution in [2.75, 3.05) is 11.1 Å². The maximum absolute atomic E-state index is 10.5. The van der Waals surface area contributed by atoms with Crippen LogP contribution in [0.4, 0.5) is 10.7 Å². The summed E-state index contributed by atoms with van der Waals surface area (Å²) in [5.74, 6) is 2.28. The Morgan fingerprint density at radius 3 is 3.12 bits per heavy atom. The zero-order chi connectivity index (χ0) is 12.3. The zero-order valence-electron chi connectivity index (χ0n) is 9.36. The normalized spacial score (nSPS) is 10.6. The van der Waals surface area contributed by atoms with E-state index in [9.17, 15) is 4.79 Å². The summed E-state index contributed by atoms with van der Waals surface area (Å²) in [6.07, 6.45) is -1.12. The molecule has 90 valence electrons. The van der Waals surface area contributed by atoms with Crippen LogP contribution in [-0.4, -0.2) is 26.9 Å². The number of hydrogen-bond donors (Lipinski definition) is 3. The average molecular weight is 251 g/mol. The van der Waals surface area contributed by atoms with Crippen molar-refractivity contribution in [1.82, 2.24) is 9.97 Å². The Kier molecular flexibility index (Phi) is 3.53. The van der Waals surface area contributed by atoms with E-state index in [1.54, 1.807) is 0 Å².